The van der Waals surface area contributed by atoms with Crippen LogP contribution in [0.15, 0.2) is 6.20 Å². The average Bonchev–Trinajstić information content (AvgIpc) is 2.72. The molecule has 0 aromatic carbocycles. The zero-order valence-electron chi connectivity index (χ0n) is 11.3. The van der Waals surface area contributed by atoms with E-state index in [4.69, 9.17) is 5.84 Å². The summed E-state index contributed by atoms with van der Waals surface area (Å²) in [6.07, 6.45) is 1.92. The SMILES string of the molecule is Cc1nn(CC(=O)NC2CCC(F)(F)CC2)cc1NN. The molecule has 2 rings (SSSR count). The first-order chi connectivity index (χ1) is 9.39. The van der Waals surface area contributed by atoms with Crippen LogP contribution in [0.4, 0.5) is 14.5 Å². The summed E-state index contributed by atoms with van der Waals surface area (Å²) in [4.78, 5) is 11.8. The van der Waals surface area contributed by atoms with Crippen LogP contribution in [0.2, 0.25) is 0 Å². The third-order valence-corrected chi connectivity index (χ3v) is 3.49. The highest BCUT2D eigenvalue weighted by Gasteiger charge is 2.35. The summed E-state index contributed by atoms with van der Waals surface area (Å²) in [6, 6.07) is -0.175. The first kappa shape index (κ1) is 14.7. The summed E-state index contributed by atoms with van der Waals surface area (Å²) in [5.74, 6) is 2.48. The molecule has 1 aromatic heterocycles. The van der Waals surface area contributed by atoms with Gasteiger partial charge in [-0.15, -0.1) is 0 Å². The molecule has 1 aromatic rings. The average molecular weight is 287 g/mol. The van der Waals surface area contributed by atoms with Gasteiger partial charge in [-0.25, -0.2) is 8.78 Å². The van der Waals surface area contributed by atoms with E-state index in [9.17, 15) is 13.6 Å². The normalized spacial score (nSPS) is 18.8. The number of aryl methyl sites for hydroxylation is 1. The number of nitrogen functional groups attached to an aromatic ring is 1. The van der Waals surface area contributed by atoms with Gasteiger partial charge in [0.25, 0.3) is 0 Å². The fourth-order valence-electron chi connectivity index (χ4n) is 2.35. The Morgan fingerprint density at radius 2 is 2.20 bits per heavy atom. The monoisotopic (exact) mass is 287 g/mol. The number of carbonyl (C=O) groups is 1. The number of hydrogen-bond acceptors (Lipinski definition) is 4. The molecule has 0 unspecified atom stereocenters. The van der Waals surface area contributed by atoms with Crippen LogP contribution in [0, 0.1) is 6.92 Å². The van der Waals surface area contributed by atoms with Gasteiger partial charge in [0, 0.05) is 18.9 Å². The van der Waals surface area contributed by atoms with Crippen molar-refractivity contribution in [3.8, 4) is 0 Å². The maximum Gasteiger partial charge on any atom is 0.248 e. The summed E-state index contributed by atoms with van der Waals surface area (Å²) >= 11 is 0. The first-order valence-corrected chi connectivity index (χ1v) is 6.57. The number of carbonyl (C=O) groups excluding carboxylic acids is 1. The van der Waals surface area contributed by atoms with E-state index in [0.717, 1.165) is 0 Å². The Hall–Kier alpha value is -1.70. The molecule has 1 amide bonds. The highest BCUT2D eigenvalue weighted by Crippen LogP contribution is 2.32. The van der Waals surface area contributed by atoms with Gasteiger partial charge in [-0.3, -0.25) is 15.3 Å². The van der Waals surface area contributed by atoms with E-state index < -0.39 is 5.92 Å². The number of hydrazine groups is 1. The molecule has 8 heteroatoms. The van der Waals surface area contributed by atoms with E-state index in [1.165, 1.54) is 4.68 Å². The smallest absolute Gasteiger partial charge is 0.248 e. The van der Waals surface area contributed by atoms with Crippen molar-refractivity contribution in [3.63, 3.8) is 0 Å². The Bertz CT molecular complexity index is 478. The second-order valence-corrected chi connectivity index (χ2v) is 5.17. The van der Waals surface area contributed by atoms with Crippen molar-refractivity contribution in [3.05, 3.63) is 11.9 Å². The Kier molecular flexibility index (Phi) is 4.22. The fraction of sp³-hybridized carbons (Fsp3) is 0.667. The number of nitrogens with two attached hydrogens (primary N) is 1. The zero-order valence-corrected chi connectivity index (χ0v) is 11.3. The van der Waals surface area contributed by atoms with Crippen LogP contribution < -0.4 is 16.6 Å². The number of anilines is 1. The second kappa shape index (κ2) is 5.74. The van der Waals surface area contributed by atoms with Crippen LogP contribution in [0.3, 0.4) is 0 Å². The molecule has 1 heterocycles. The van der Waals surface area contributed by atoms with Gasteiger partial charge < -0.3 is 10.7 Å². The summed E-state index contributed by atoms with van der Waals surface area (Å²) in [5, 5.41) is 6.90. The van der Waals surface area contributed by atoms with Crippen molar-refractivity contribution in [2.75, 3.05) is 5.43 Å². The van der Waals surface area contributed by atoms with Crippen molar-refractivity contribution < 1.29 is 13.6 Å². The fourth-order valence-corrected chi connectivity index (χ4v) is 2.35. The molecule has 6 nitrogen and oxygen atoms in total. The number of nitrogens with zero attached hydrogens (tertiary/aromatic N) is 2. The number of hydrogen-bond donors (Lipinski definition) is 3. The van der Waals surface area contributed by atoms with Crippen molar-refractivity contribution in [2.24, 2.45) is 5.84 Å². The summed E-state index contributed by atoms with van der Waals surface area (Å²) in [5.41, 5.74) is 3.82. The van der Waals surface area contributed by atoms with Gasteiger partial charge in [-0.1, -0.05) is 0 Å². The van der Waals surface area contributed by atoms with Gasteiger partial charge in [0.1, 0.15) is 6.54 Å². The number of alkyl halides is 2. The quantitative estimate of drug-likeness (QED) is 0.573. The van der Waals surface area contributed by atoms with Crippen molar-refractivity contribution in [2.45, 2.75) is 51.1 Å². The molecule has 0 atom stereocenters. The van der Waals surface area contributed by atoms with Gasteiger partial charge in [-0.05, 0) is 19.8 Å². The van der Waals surface area contributed by atoms with Crippen LogP contribution in [0.5, 0.6) is 0 Å². The van der Waals surface area contributed by atoms with Gasteiger partial charge in [0.15, 0.2) is 0 Å². The van der Waals surface area contributed by atoms with E-state index in [0.29, 0.717) is 24.2 Å². The van der Waals surface area contributed by atoms with E-state index in [1.807, 2.05) is 0 Å². The molecule has 0 aliphatic heterocycles. The maximum absolute atomic E-state index is 13.0. The minimum atomic E-state index is -2.58. The molecule has 4 N–H and O–H groups in total. The number of rotatable bonds is 4. The minimum Gasteiger partial charge on any atom is -0.352 e. The molecular formula is C12H19F2N5O. The number of nitrogens with one attached hydrogen (secondary N) is 2. The Morgan fingerprint density at radius 3 is 2.75 bits per heavy atom. The molecule has 1 saturated carbocycles. The van der Waals surface area contributed by atoms with E-state index >= 15 is 0 Å². The lowest BCUT2D eigenvalue weighted by Crippen LogP contribution is -2.41. The zero-order chi connectivity index (χ0) is 14.8. The summed E-state index contributed by atoms with van der Waals surface area (Å²) in [7, 11) is 0. The van der Waals surface area contributed by atoms with Crippen LogP contribution in [-0.4, -0.2) is 27.7 Å². The van der Waals surface area contributed by atoms with Gasteiger partial charge in [0.2, 0.25) is 11.8 Å². The molecule has 20 heavy (non-hydrogen) atoms. The molecule has 0 bridgehead atoms. The maximum atomic E-state index is 13.0. The van der Waals surface area contributed by atoms with E-state index in [1.54, 1.807) is 13.1 Å². The summed E-state index contributed by atoms with van der Waals surface area (Å²) < 4.78 is 27.5. The van der Waals surface area contributed by atoms with E-state index in [2.05, 4.69) is 15.8 Å². The largest absolute Gasteiger partial charge is 0.352 e. The van der Waals surface area contributed by atoms with E-state index in [-0.39, 0.29) is 31.3 Å². The molecule has 1 aliphatic carbocycles. The predicted molar refractivity (Wildman–Crippen MR) is 70.1 cm³/mol. The van der Waals surface area contributed by atoms with Gasteiger partial charge in [0.05, 0.1) is 17.6 Å². The highest BCUT2D eigenvalue weighted by atomic mass is 19.3. The van der Waals surface area contributed by atoms with Crippen molar-refractivity contribution in [1.29, 1.82) is 0 Å². The Balaban J connectivity index is 1.83. The van der Waals surface area contributed by atoms with Crippen LogP contribution >= 0.6 is 0 Å². The minimum absolute atomic E-state index is 0.0510. The van der Waals surface area contributed by atoms with Gasteiger partial charge >= 0.3 is 0 Å². The van der Waals surface area contributed by atoms with Crippen LogP contribution in [0.1, 0.15) is 31.4 Å². The third-order valence-electron chi connectivity index (χ3n) is 3.49. The molecule has 1 aliphatic rings. The lowest BCUT2D eigenvalue weighted by molar-refractivity contribution is -0.123. The first-order valence-electron chi connectivity index (χ1n) is 6.57. The molecular weight excluding hydrogens is 268 g/mol. The molecule has 0 saturated heterocycles. The molecule has 0 spiro atoms. The van der Waals surface area contributed by atoms with Crippen molar-refractivity contribution in [1.82, 2.24) is 15.1 Å². The van der Waals surface area contributed by atoms with Gasteiger partial charge in [-0.2, -0.15) is 5.10 Å². The lowest BCUT2D eigenvalue weighted by atomic mass is 9.92. The lowest BCUT2D eigenvalue weighted by Gasteiger charge is -2.28. The number of amides is 1. The third kappa shape index (κ3) is 3.66. The molecule has 0 radical (unpaired) electrons. The van der Waals surface area contributed by atoms with Crippen molar-refractivity contribution >= 4 is 11.6 Å². The highest BCUT2D eigenvalue weighted by molar-refractivity contribution is 5.76. The second-order valence-electron chi connectivity index (χ2n) is 5.17. The standard InChI is InChI=1S/C12H19F2N5O/c1-8-10(17-15)6-19(18-8)7-11(20)16-9-2-4-12(13,14)5-3-9/h6,9,17H,2-5,7,15H2,1H3,(H,16,20). The molecule has 112 valence electrons. The summed E-state index contributed by atoms with van der Waals surface area (Å²) in [6.45, 7) is 1.82. The topological polar surface area (TPSA) is 85.0 Å². The number of aromatic nitrogens is 2. The Labute approximate surface area is 115 Å². The Morgan fingerprint density at radius 1 is 1.55 bits per heavy atom. The van der Waals surface area contributed by atoms with Crippen LogP contribution in [0.25, 0.3) is 0 Å². The number of halogens is 2. The van der Waals surface area contributed by atoms with Crippen LogP contribution in [-0.2, 0) is 11.3 Å². The predicted octanol–water partition coefficient (Wildman–Crippen LogP) is 1.17. The molecule has 1 fully saturated rings.